The second kappa shape index (κ2) is 3.20. The predicted molar refractivity (Wildman–Crippen MR) is 34.0 cm³/mol. The molecule has 0 aromatic rings. The lowest BCUT2D eigenvalue weighted by Gasteiger charge is -2.02. The maximum absolute atomic E-state index is 9.83. The van der Waals surface area contributed by atoms with Gasteiger partial charge in [-0.1, -0.05) is 5.16 Å². The zero-order chi connectivity index (χ0) is 7.40. The van der Waals surface area contributed by atoms with Gasteiger partial charge in [0.2, 0.25) is 0 Å². The summed E-state index contributed by atoms with van der Waals surface area (Å²) < 4.78 is 4.66. The van der Waals surface area contributed by atoms with E-state index in [9.17, 15) is 4.79 Å². The second-order valence-corrected chi connectivity index (χ2v) is 2.26. The van der Waals surface area contributed by atoms with Crippen molar-refractivity contribution in [3.8, 4) is 0 Å². The molecule has 0 saturated heterocycles. The number of nitrogens with zero attached hydrogens (tertiary/aromatic N) is 1. The first kappa shape index (κ1) is 7.05. The highest BCUT2D eigenvalue weighted by atomic mass is 16.5. The van der Waals surface area contributed by atoms with Crippen molar-refractivity contribution in [3.63, 3.8) is 0 Å². The molecule has 1 saturated carbocycles. The van der Waals surface area contributed by atoms with Gasteiger partial charge in [0.1, 0.15) is 6.10 Å². The van der Waals surface area contributed by atoms with E-state index in [2.05, 4.69) is 9.89 Å². The molecular weight excluding hydrogens is 134 g/mol. The number of hydrogen-bond donors (Lipinski definition) is 1. The van der Waals surface area contributed by atoms with Gasteiger partial charge < -0.3 is 9.94 Å². The minimum atomic E-state index is -0.0663. The zero-order valence-corrected chi connectivity index (χ0v) is 5.49. The molecule has 0 radical (unpaired) electrons. The maximum atomic E-state index is 9.83. The minimum Gasteiger partial charge on any atom is -0.464 e. The molecule has 0 aliphatic heterocycles. The third-order valence-corrected chi connectivity index (χ3v) is 1.61. The smallest absolute Gasteiger partial charge is 0.293 e. The fourth-order valence-electron chi connectivity index (χ4n) is 1.08. The highest BCUT2D eigenvalue weighted by Gasteiger charge is 2.21. The van der Waals surface area contributed by atoms with Crippen molar-refractivity contribution in [3.05, 3.63) is 0 Å². The van der Waals surface area contributed by atoms with Crippen molar-refractivity contribution in [2.45, 2.75) is 25.4 Å². The number of oxime groups is 1. The van der Waals surface area contributed by atoms with Gasteiger partial charge in [-0.05, 0) is 12.8 Å². The molecule has 0 heterocycles. The van der Waals surface area contributed by atoms with Crippen molar-refractivity contribution >= 4 is 12.2 Å². The van der Waals surface area contributed by atoms with Crippen molar-refractivity contribution in [2.75, 3.05) is 0 Å². The SMILES string of the molecule is O=COC1CC/C(=N\O)C1. The molecule has 0 amide bonds. The van der Waals surface area contributed by atoms with Gasteiger partial charge in [-0.15, -0.1) is 0 Å². The number of ether oxygens (including phenoxy) is 1. The van der Waals surface area contributed by atoms with E-state index in [-0.39, 0.29) is 6.10 Å². The standard InChI is InChI=1S/C6H9NO3/c8-4-10-6-2-1-5(3-6)7-9/h4,6,9H,1-3H2/b7-5+. The Kier molecular flexibility index (Phi) is 2.25. The summed E-state index contributed by atoms with van der Waals surface area (Å²) in [4.78, 5) is 9.83. The van der Waals surface area contributed by atoms with Gasteiger partial charge in [-0.2, -0.15) is 0 Å². The zero-order valence-electron chi connectivity index (χ0n) is 5.49. The van der Waals surface area contributed by atoms with E-state index in [1.807, 2.05) is 0 Å². The molecule has 56 valence electrons. The van der Waals surface area contributed by atoms with Crippen LogP contribution in [0.4, 0.5) is 0 Å². The first-order valence-corrected chi connectivity index (χ1v) is 3.15. The van der Waals surface area contributed by atoms with Gasteiger partial charge in [0, 0.05) is 6.42 Å². The second-order valence-electron chi connectivity index (χ2n) is 2.26. The Morgan fingerprint density at radius 2 is 2.60 bits per heavy atom. The van der Waals surface area contributed by atoms with Crippen LogP contribution in [-0.4, -0.2) is 23.5 Å². The highest BCUT2D eigenvalue weighted by Crippen LogP contribution is 2.18. The van der Waals surface area contributed by atoms with Crippen LogP contribution in [0.25, 0.3) is 0 Å². The molecule has 0 bridgehead atoms. The topological polar surface area (TPSA) is 58.9 Å². The normalized spacial score (nSPS) is 28.8. The Hall–Kier alpha value is -1.06. The summed E-state index contributed by atoms with van der Waals surface area (Å²) >= 11 is 0. The molecule has 0 aromatic heterocycles. The molecule has 1 aliphatic rings. The summed E-state index contributed by atoms with van der Waals surface area (Å²) in [6.07, 6.45) is 2.02. The van der Waals surface area contributed by atoms with Gasteiger partial charge in [-0.25, -0.2) is 0 Å². The van der Waals surface area contributed by atoms with Crippen LogP contribution in [0.3, 0.4) is 0 Å². The fourth-order valence-corrected chi connectivity index (χ4v) is 1.08. The van der Waals surface area contributed by atoms with E-state index in [4.69, 9.17) is 5.21 Å². The molecule has 10 heavy (non-hydrogen) atoms. The van der Waals surface area contributed by atoms with Gasteiger partial charge in [0.05, 0.1) is 5.71 Å². The van der Waals surface area contributed by atoms with E-state index in [1.165, 1.54) is 0 Å². The fraction of sp³-hybridized carbons (Fsp3) is 0.667. The van der Waals surface area contributed by atoms with Crippen molar-refractivity contribution in [1.82, 2.24) is 0 Å². The van der Waals surface area contributed by atoms with Gasteiger partial charge in [-0.3, -0.25) is 4.79 Å². The van der Waals surface area contributed by atoms with Crippen molar-refractivity contribution in [1.29, 1.82) is 0 Å². The van der Waals surface area contributed by atoms with Gasteiger partial charge in [0.25, 0.3) is 6.47 Å². The van der Waals surface area contributed by atoms with Crippen LogP contribution in [0.2, 0.25) is 0 Å². The van der Waals surface area contributed by atoms with Crippen LogP contribution in [0, 0.1) is 0 Å². The molecular formula is C6H9NO3. The maximum Gasteiger partial charge on any atom is 0.293 e. The lowest BCUT2D eigenvalue weighted by atomic mass is 10.3. The summed E-state index contributed by atoms with van der Waals surface area (Å²) in [5.74, 6) is 0. The first-order chi connectivity index (χ1) is 4.86. The molecule has 4 heteroatoms. The Morgan fingerprint density at radius 1 is 1.80 bits per heavy atom. The Bertz CT molecular complexity index is 155. The molecule has 4 nitrogen and oxygen atoms in total. The molecule has 1 aliphatic carbocycles. The Balaban J connectivity index is 2.35. The number of rotatable bonds is 2. The summed E-state index contributed by atoms with van der Waals surface area (Å²) in [6.45, 7) is 0.435. The van der Waals surface area contributed by atoms with Crippen molar-refractivity contribution in [2.24, 2.45) is 5.16 Å². The third-order valence-electron chi connectivity index (χ3n) is 1.61. The summed E-state index contributed by atoms with van der Waals surface area (Å²) in [7, 11) is 0. The first-order valence-electron chi connectivity index (χ1n) is 3.15. The van der Waals surface area contributed by atoms with E-state index in [1.54, 1.807) is 0 Å². The number of carbonyl (C=O) groups excluding carboxylic acids is 1. The highest BCUT2D eigenvalue weighted by molar-refractivity contribution is 5.86. The minimum absolute atomic E-state index is 0.0663. The molecule has 0 aromatic carbocycles. The summed E-state index contributed by atoms with van der Waals surface area (Å²) in [6, 6.07) is 0. The molecule has 1 atom stereocenters. The van der Waals surface area contributed by atoms with E-state index < -0.39 is 0 Å². The largest absolute Gasteiger partial charge is 0.464 e. The molecule has 1 rings (SSSR count). The van der Waals surface area contributed by atoms with Crippen LogP contribution in [0.1, 0.15) is 19.3 Å². The number of carbonyl (C=O) groups is 1. The monoisotopic (exact) mass is 143 g/mol. The molecule has 1 N–H and O–H groups in total. The average Bonchev–Trinajstić information content (AvgIpc) is 2.37. The quantitative estimate of drug-likeness (QED) is 0.348. The van der Waals surface area contributed by atoms with Crippen LogP contribution < -0.4 is 0 Å². The van der Waals surface area contributed by atoms with Crippen molar-refractivity contribution < 1.29 is 14.7 Å². The van der Waals surface area contributed by atoms with Gasteiger partial charge in [0.15, 0.2) is 0 Å². The molecule has 1 fully saturated rings. The Morgan fingerprint density at radius 3 is 3.10 bits per heavy atom. The van der Waals surface area contributed by atoms with E-state index >= 15 is 0 Å². The van der Waals surface area contributed by atoms with Crippen LogP contribution >= 0.6 is 0 Å². The average molecular weight is 143 g/mol. The lowest BCUT2D eigenvalue weighted by molar-refractivity contribution is -0.132. The van der Waals surface area contributed by atoms with Crippen LogP contribution in [0.5, 0.6) is 0 Å². The van der Waals surface area contributed by atoms with E-state index in [0.717, 1.165) is 12.8 Å². The van der Waals surface area contributed by atoms with Crippen LogP contribution in [-0.2, 0) is 9.53 Å². The van der Waals surface area contributed by atoms with E-state index in [0.29, 0.717) is 18.6 Å². The van der Waals surface area contributed by atoms with Gasteiger partial charge >= 0.3 is 0 Å². The number of hydrogen-bond acceptors (Lipinski definition) is 4. The predicted octanol–water partition coefficient (Wildman–Crippen LogP) is 0.542. The van der Waals surface area contributed by atoms with Crippen LogP contribution in [0.15, 0.2) is 5.16 Å². The molecule has 1 unspecified atom stereocenters. The summed E-state index contributed by atoms with van der Waals surface area (Å²) in [5, 5.41) is 11.3. The lowest BCUT2D eigenvalue weighted by Crippen LogP contribution is -2.06. The third kappa shape index (κ3) is 1.46. The Labute approximate surface area is 58.5 Å². The molecule has 0 spiro atoms. The summed E-state index contributed by atoms with van der Waals surface area (Å²) in [5.41, 5.74) is 0.715.